The maximum Gasteiger partial charge on any atom is 0.423 e. The van der Waals surface area contributed by atoms with Gasteiger partial charge in [-0.3, -0.25) is 0 Å². The summed E-state index contributed by atoms with van der Waals surface area (Å²) in [7, 11) is 0. The molecular formula is C22H22F3N3O2. The summed E-state index contributed by atoms with van der Waals surface area (Å²) in [6, 6.07) is 15.5. The highest BCUT2D eigenvalue weighted by molar-refractivity contribution is 5.60. The van der Waals surface area contributed by atoms with E-state index < -0.39 is 17.6 Å². The third kappa shape index (κ3) is 5.20. The molecule has 0 aliphatic rings. The van der Waals surface area contributed by atoms with Gasteiger partial charge < -0.3 is 14.4 Å². The van der Waals surface area contributed by atoms with E-state index in [0.29, 0.717) is 24.6 Å². The first-order chi connectivity index (χ1) is 14.4. The molecule has 5 nitrogen and oxygen atoms in total. The number of hydrogen-bond acceptors (Lipinski definition) is 5. The molecule has 3 aromatic rings. The molecule has 1 heterocycles. The van der Waals surface area contributed by atoms with Crippen LogP contribution in [-0.2, 0) is 6.18 Å². The average Bonchev–Trinajstić information content (AvgIpc) is 2.73. The molecular weight excluding hydrogens is 395 g/mol. The summed E-state index contributed by atoms with van der Waals surface area (Å²) in [4.78, 5) is 9.76. The van der Waals surface area contributed by atoms with Gasteiger partial charge >= 0.3 is 6.18 Å². The number of hydrogen-bond donors (Lipinski definition) is 0. The number of para-hydroxylation sites is 1. The Bertz CT molecular complexity index is 965. The standard InChI is InChI=1S/C22H22F3N3O2/c1-3-13-29-18-12-8-9-16(14-18)28(4-2)21-26-15-19(22(23,24)25)20(27-21)30-17-10-6-5-7-11-17/h5-12,14-15H,3-4,13H2,1-2H3. The van der Waals surface area contributed by atoms with E-state index in [1.807, 2.05) is 32.0 Å². The molecule has 0 aliphatic heterocycles. The van der Waals surface area contributed by atoms with Crippen LogP contribution in [0.25, 0.3) is 0 Å². The summed E-state index contributed by atoms with van der Waals surface area (Å²) in [5.74, 6) is 0.478. The molecule has 0 radical (unpaired) electrons. The molecule has 30 heavy (non-hydrogen) atoms. The van der Waals surface area contributed by atoms with Crippen molar-refractivity contribution in [1.29, 1.82) is 0 Å². The molecule has 0 saturated heterocycles. The molecule has 0 N–H and O–H groups in total. The largest absolute Gasteiger partial charge is 0.494 e. The molecule has 2 aromatic carbocycles. The first-order valence-corrected chi connectivity index (χ1v) is 9.60. The lowest BCUT2D eigenvalue weighted by Crippen LogP contribution is -2.20. The molecule has 0 atom stereocenters. The summed E-state index contributed by atoms with van der Waals surface area (Å²) < 4.78 is 51.5. The van der Waals surface area contributed by atoms with Crippen molar-refractivity contribution < 1.29 is 22.6 Å². The molecule has 0 amide bonds. The van der Waals surface area contributed by atoms with Gasteiger partial charge in [-0.05, 0) is 37.6 Å². The topological polar surface area (TPSA) is 47.5 Å². The zero-order valence-corrected chi connectivity index (χ0v) is 16.7. The van der Waals surface area contributed by atoms with Crippen LogP contribution >= 0.6 is 0 Å². The van der Waals surface area contributed by atoms with Crippen LogP contribution in [0.1, 0.15) is 25.8 Å². The fraction of sp³-hybridized carbons (Fsp3) is 0.273. The Morgan fingerprint density at radius 3 is 2.37 bits per heavy atom. The number of rotatable bonds is 8. The van der Waals surface area contributed by atoms with Gasteiger partial charge in [-0.15, -0.1) is 0 Å². The minimum Gasteiger partial charge on any atom is -0.494 e. The summed E-state index contributed by atoms with van der Waals surface area (Å²) in [5.41, 5.74) is -0.331. The van der Waals surface area contributed by atoms with Gasteiger partial charge in [-0.2, -0.15) is 18.2 Å². The number of nitrogens with zero attached hydrogens (tertiary/aromatic N) is 3. The molecule has 0 bridgehead atoms. The predicted molar refractivity (Wildman–Crippen MR) is 108 cm³/mol. The van der Waals surface area contributed by atoms with E-state index in [2.05, 4.69) is 9.97 Å². The van der Waals surface area contributed by atoms with Crippen molar-refractivity contribution in [2.75, 3.05) is 18.1 Å². The Kier molecular flexibility index (Phi) is 6.76. The number of benzene rings is 2. The second-order valence-corrected chi connectivity index (χ2v) is 6.39. The van der Waals surface area contributed by atoms with Gasteiger partial charge in [0, 0.05) is 24.5 Å². The molecule has 0 saturated carbocycles. The first-order valence-electron chi connectivity index (χ1n) is 9.60. The van der Waals surface area contributed by atoms with E-state index in [4.69, 9.17) is 9.47 Å². The molecule has 0 spiro atoms. The second kappa shape index (κ2) is 9.47. The highest BCUT2D eigenvalue weighted by atomic mass is 19.4. The maximum absolute atomic E-state index is 13.5. The Hall–Kier alpha value is -3.29. The zero-order valence-electron chi connectivity index (χ0n) is 16.7. The smallest absolute Gasteiger partial charge is 0.423 e. The first kappa shape index (κ1) is 21.4. The average molecular weight is 417 g/mol. The van der Waals surface area contributed by atoms with Crippen molar-refractivity contribution in [2.24, 2.45) is 0 Å². The molecule has 1 aromatic heterocycles. The van der Waals surface area contributed by atoms with Crippen molar-refractivity contribution in [3.8, 4) is 17.4 Å². The number of aromatic nitrogens is 2. The van der Waals surface area contributed by atoms with Crippen LogP contribution in [0.3, 0.4) is 0 Å². The fourth-order valence-electron chi connectivity index (χ4n) is 2.76. The van der Waals surface area contributed by atoms with Crippen LogP contribution in [-0.4, -0.2) is 23.1 Å². The van der Waals surface area contributed by atoms with E-state index in [9.17, 15) is 13.2 Å². The zero-order chi connectivity index (χ0) is 21.6. The fourth-order valence-corrected chi connectivity index (χ4v) is 2.76. The van der Waals surface area contributed by atoms with Crippen LogP contribution in [0.2, 0.25) is 0 Å². The van der Waals surface area contributed by atoms with Crippen LogP contribution in [0.15, 0.2) is 60.8 Å². The number of ether oxygens (including phenoxy) is 2. The Labute approximate surface area is 173 Å². The SMILES string of the molecule is CCCOc1cccc(N(CC)c2ncc(C(F)(F)F)c(Oc3ccccc3)n2)c1. The molecule has 8 heteroatoms. The predicted octanol–water partition coefficient (Wildman–Crippen LogP) is 6.23. The number of halogens is 3. The number of alkyl halides is 3. The lowest BCUT2D eigenvalue weighted by molar-refractivity contribution is -0.139. The van der Waals surface area contributed by atoms with Gasteiger partial charge in [0.2, 0.25) is 11.8 Å². The van der Waals surface area contributed by atoms with Gasteiger partial charge in [0.1, 0.15) is 17.1 Å². The van der Waals surface area contributed by atoms with Crippen LogP contribution in [0.4, 0.5) is 24.8 Å². The lowest BCUT2D eigenvalue weighted by Gasteiger charge is -2.23. The molecule has 3 rings (SSSR count). The van der Waals surface area contributed by atoms with Gasteiger partial charge in [-0.1, -0.05) is 31.2 Å². The molecule has 0 aliphatic carbocycles. The van der Waals surface area contributed by atoms with E-state index >= 15 is 0 Å². The molecule has 0 unspecified atom stereocenters. The van der Waals surface area contributed by atoms with Gasteiger partial charge in [-0.25, -0.2) is 4.98 Å². The minimum atomic E-state index is -4.65. The summed E-state index contributed by atoms with van der Waals surface area (Å²) in [5, 5.41) is 0. The number of anilines is 2. The van der Waals surface area contributed by atoms with Gasteiger partial charge in [0.15, 0.2) is 0 Å². The minimum absolute atomic E-state index is 0.101. The van der Waals surface area contributed by atoms with Crippen molar-refractivity contribution in [2.45, 2.75) is 26.4 Å². The Morgan fingerprint density at radius 1 is 0.967 bits per heavy atom. The van der Waals surface area contributed by atoms with Crippen molar-refractivity contribution in [1.82, 2.24) is 9.97 Å². The lowest BCUT2D eigenvalue weighted by atomic mass is 10.2. The van der Waals surface area contributed by atoms with Crippen LogP contribution in [0, 0.1) is 0 Å². The third-order valence-electron chi connectivity index (χ3n) is 4.16. The highest BCUT2D eigenvalue weighted by Crippen LogP contribution is 2.38. The van der Waals surface area contributed by atoms with Crippen LogP contribution < -0.4 is 14.4 Å². The Morgan fingerprint density at radius 2 is 1.70 bits per heavy atom. The van der Waals surface area contributed by atoms with E-state index in [1.54, 1.807) is 41.3 Å². The van der Waals surface area contributed by atoms with Gasteiger partial charge in [0.25, 0.3) is 0 Å². The van der Waals surface area contributed by atoms with E-state index in [1.165, 1.54) is 0 Å². The summed E-state index contributed by atoms with van der Waals surface area (Å²) in [6.45, 7) is 4.87. The monoisotopic (exact) mass is 417 g/mol. The third-order valence-corrected chi connectivity index (χ3v) is 4.16. The molecule has 158 valence electrons. The maximum atomic E-state index is 13.5. The highest BCUT2D eigenvalue weighted by Gasteiger charge is 2.37. The Balaban J connectivity index is 1.99. The van der Waals surface area contributed by atoms with E-state index in [0.717, 1.165) is 12.6 Å². The van der Waals surface area contributed by atoms with Crippen molar-refractivity contribution >= 4 is 11.6 Å². The summed E-state index contributed by atoms with van der Waals surface area (Å²) in [6.07, 6.45) is -3.03. The second-order valence-electron chi connectivity index (χ2n) is 6.39. The van der Waals surface area contributed by atoms with Crippen molar-refractivity contribution in [3.63, 3.8) is 0 Å². The van der Waals surface area contributed by atoms with Crippen molar-refractivity contribution in [3.05, 3.63) is 66.4 Å². The normalized spacial score (nSPS) is 11.2. The van der Waals surface area contributed by atoms with Gasteiger partial charge in [0.05, 0.1) is 6.61 Å². The van der Waals surface area contributed by atoms with E-state index in [-0.39, 0.29) is 11.7 Å². The molecule has 0 fully saturated rings. The quantitative estimate of drug-likeness (QED) is 0.435. The van der Waals surface area contributed by atoms with Crippen LogP contribution in [0.5, 0.6) is 17.4 Å². The summed E-state index contributed by atoms with van der Waals surface area (Å²) >= 11 is 0.